The fourth-order valence-corrected chi connectivity index (χ4v) is 1.80. The van der Waals surface area contributed by atoms with Crippen LogP contribution in [0.25, 0.3) is 0 Å². The number of aliphatic hydroxyl groups is 3. The lowest BCUT2D eigenvalue weighted by Crippen LogP contribution is -2.36. The van der Waals surface area contributed by atoms with Crippen molar-refractivity contribution in [2.24, 2.45) is 0 Å². The summed E-state index contributed by atoms with van der Waals surface area (Å²) in [5.74, 6) is 0. The Balaban J connectivity index is 2.32. The van der Waals surface area contributed by atoms with Crippen LogP contribution in [0.4, 0.5) is 0 Å². The number of hydrogen-bond acceptors (Lipinski definition) is 6. The van der Waals surface area contributed by atoms with Gasteiger partial charge in [0.25, 0.3) is 0 Å². The van der Waals surface area contributed by atoms with Crippen LogP contribution in [0.1, 0.15) is 11.9 Å². The topological polar surface area (TPSA) is 105 Å². The highest BCUT2D eigenvalue weighted by atomic mass is 16.6. The van der Waals surface area contributed by atoms with Crippen LogP contribution in [0.3, 0.4) is 0 Å². The Kier molecular flexibility index (Phi) is 3.25. The van der Waals surface area contributed by atoms with Gasteiger partial charge in [-0.1, -0.05) is 0 Å². The summed E-state index contributed by atoms with van der Waals surface area (Å²) in [6.07, 6.45) is -2.98. The molecule has 1 aromatic heterocycles. The molecule has 1 aliphatic heterocycles. The lowest BCUT2D eigenvalue weighted by molar-refractivity contribution is -0.0550. The van der Waals surface area contributed by atoms with E-state index in [0.717, 1.165) is 4.57 Å². The Labute approximate surface area is 96.9 Å². The predicted molar refractivity (Wildman–Crippen MR) is 56.2 cm³/mol. The van der Waals surface area contributed by atoms with Crippen molar-refractivity contribution in [3.8, 4) is 0 Å². The minimum atomic E-state index is -1.27. The zero-order chi connectivity index (χ0) is 12.6. The predicted octanol–water partition coefficient (Wildman–Crippen LogP) is -1.84. The molecule has 3 N–H and O–H groups in total. The lowest BCUT2D eigenvalue weighted by Gasteiger charge is -2.16. The molecule has 0 aliphatic carbocycles. The second-order valence-corrected chi connectivity index (χ2v) is 3.99. The van der Waals surface area contributed by atoms with E-state index in [1.807, 2.05) is 0 Å². The largest absolute Gasteiger partial charge is 0.394 e. The number of ether oxygens (including phenoxy) is 1. The van der Waals surface area contributed by atoms with Gasteiger partial charge in [0, 0.05) is 11.9 Å². The third kappa shape index (κ3) is 2.09. The Morgan fingerprint density at radius 2 is 2.18 bits per heavy atom. The molecule has 0 saturated carbocycles. The number of aliphatic hydroxyl groups excluding tert-OH is 3. The molecule has 2 heterocycles. The SMILES string of the molecule is Cc1ccn([C@@H]2O[C@H](CO)[C@H](O)[C@@H]2O)c(=O)n1. The molecule has 7 nitrogen and oxygen atoms in total. The van der Waals surface area contributed by atoms with E-state index >= 15 is 0 Å². The van der Waals surface area contributed by atoms with E-state index in [1.54, 1.807) is 13.0 Å². The summed E-state index contributed by atoms with van der Waals surface area (Å²) in [7, 11) is 0. The summed E-state index contributed by atoms with van der Waals surface area (Å²) in [6, 6.07) is 1.59. The number of rotatable bonds is 2. The first-order valence-corrected chi connectivity index (χ1v) is 5.23. The van der Waals surface area contributed by atoms with E-state index in [4.69, 9.17) is 9.84 Å². The van der Waals surface area contributed by atoms with Gasteiger partial charge in [0.2, 0.25) is 0 Å². The number of nitrogens with zero attached hydrogens (tertiary/aromatic N) is 2. The van der Waals surface area contributed by atoms with E-state index in [2.05, 4.69) is 4.98 Å². The summed E-state index contributed by atoms with van der Waals surface area (Å²) < 4.78 is 6.31. The maximum atomic E-state index is 11.6. The van der Waals surface area contributed by atoms with Gasteiger partial charge in [-0.2, -0.15) is 4.98 Å². The molecule has 0 amide bonds. The van der Waals surface area contributed by atoms with Crippen molar-refractivity contribution in [3.05, 3.63) is 28.4 Å². The monoisotopic (exact) mass is 242 g/mol. The number of aryl methyl sites for hydroxylation is 1. The summed E-state index contributed by atoms with van der Waals surface area (Å²) >= 11 is 0. The summed E-state index contributed by atoms with van der Waals surface area (Å²) in [6.45, 7) is 1.24. The van der Waals surface area contributed by atoms with E-state index in [-0.39, 0.29) is 0 Å². The average Bonchev–Trinajstić information content (AvgIpc) is 2.57. The van der Waals surface area contributed by atoms with Crippen molar-refractivity contribution in [1.29, 1.82) is 0 Å². The fraction of sp³-hybridized carbons (Fsp3) is 0.600. The van der Waals surface area contributed by atoms with Crippen molar-refractivity contribution in [1.82, 2.24) is 9.55 Å². The van der Waals surface area contributed by atoms with Crippen molar-refractivity contribution < 1.29 is 20.1 Å². The molecule has 1 saturated heterocycles. The molecule has 1 aliphatic rings. The van der Waals surface area contributed by atoms with Gasteiger partial charge in [-0.15, -0.1) is 0 Å². The molecule has 1 fully saturated rings. The van der Waals surface area contributed by atoms with Gasteiger partial charge in [-0.3, -0.25) is 4.57 Å². The molecule has 7 heteroatoms. The molecule has 0 aromatic carbocycles. The number of hydrogen-bond donors (Lipinski definition) is 3. The number of aromatic nitrogens is 2. The van der Waals surface area contributed by atoms with Crippen molar-refractivity contribution in [3.63, 3.8) is 0 Å². The molecule has 0 bridgehead atoms. The summed E-state index contributed by atoms with van der Waals surface area (Å²) in [5.41, 5.74) is -0.0159. The van der Waals surface area contributed by atoms with Gasteiger partial charge in [-0.05, 0) is 13.0 Å². The van der Waals surface area contributed by atoms with E-state index in [0.29, 0.717) is 5.69 Å². The first kappa shape index (κ1) is 12.2. The van der Waals surface area contributed by atoms with Gasteiger partial charge in [0.1, 0.15) is 18.3 Å². The van der Waals surface area contributed by atoms with Gasteiger partial charge < -0.3 is 20.1 Å². The summed E-state index contributed by atoms with van der Waals surface area (Å²) in [5, 5.41) is 28.2. The smallest absolute Gasteiger partial charge is 0.349 e. The molecular weight excluding hydrogens is 228 g/mol. The third-order valence-electron chi connectivity index (χ3n) is 2.76. The zero-order valence-corrected chi connectivity index (χ0v) is 9.22. The van der Waals surface area contributed by atoms with Crippen LogP contribution in [0, 0.1) is 6.92 Å². The maximum absolute atomic E-state index is 11.6. The molecule has 0 unspecified atom stereocenters. The Hall–Kier alpha value is -1.28. The Morgan fingerprint density at radius 1 is 1.47 bits per heavy atom. The molecule has 0 radical (unpaired) electrons. The van der Waals surface area contributed by atoms with Crippen LogP contribution >= 0.6 is 0 Å². The lowest BCUT2D eigenvalue weighted by atomic mass is 10.1. The third-order valence-corrected chi connectivity index (χ3v) is 2.76. The fourth-order valence-electron chi connectivity index (χ4n) is 1.80. The minimum absolute atomic E-state index is 0.428. The molecule has 4 atom stereocenters. The second kappa shape index (κ2) is 4.53. The van der Waals surface area contributed by atoms with Crippen molar-refractivity contribution in [2.45, 2.75) is 31.5 Å². The van der Waals surface area contributed by atoms with Crippen LogP contribution in [0.15, 0.2) is 17.1 Å². The van der Waals surface area contributed by atoms with Crippen LogP contribution in [0.5, 0.6) is 0 Å². The second-order valence-electron chi connectivity index (χ2n) is 3.99. The highest BCUT2D eigenvalue weighted by Crippen LogP contribution is 2.27. The first-order valence-electron chi connectivity index (χ1n) is 5.23. The van der Waals surface area contributed by atoms with E-state index in [1.165, 1.54) is 6.20 Å². The molecule has 17 heavy (non-hydrogen) atoms. The van der Waals surface area contributed by atoms with Crippen LogP contribution in [-0.2, 0) is 4.74 Å². The maximum Gasteiger partial charge on any atom is 0.349 e. The molecular formula is C10H14N2O5. The van der Waals surface area contributed by atoms with E-state index in [9.17, 15) is 15.0 Å². The normalized spacial score (nSPS) is 32.9. The quantitative estimate of drug-likeness (QED) is 0.563. The van der Waals surface area contributed by atoms with Crippen molar-refractivity contribution in [2.75, 3.05) is 6.61 Å². The minimum Gasteiger partial charge on any atom is -0.394 e. The first-order chi connectivity index (χ1) is 8.04. The Bertz CT molecular complexity index is 460. The van der Waals surface area contributed by atoms with Crippen LogP contribution < -0.4 is 5.69 Å². The van der Waals surface area contributed by atoms with Crippen LogP contribution in [0.2, 0.25) is 0 Å². The average molecular weight is 242 g/mol. The van der Waals surface area contributed by atoms with Gasteiger partial charge in [0.05, 0.1) is 6.61 Å². The van der Waals surface area contributed by atoms with Crippen molar-refractivity contribution >= 4 is 0 Å². The van der Waals surface area contributed by atoms with Crippen LogP contribution in [-0.4, -0.2) is 49.8 Å². The molecule has 0 spiro atoms. The van der Waals surface area contributed by atoms with Gasteiger partial charge in [0.15, 0.2) is 6.23 Å². The van der Waals surface area contributed by atoms with E-state index < -0.39 is 36.8 Å². The van der Waals surface area contributed by atoms with Gasteiger partial charge >= 0.3 is 5.69 Å². The highest BCUT2D eigenvalue weighted by Gasteiger charge is 2.43. The highest BCUT2D eigenvalue weighted by molar-refractivity contribution is 4.98. The zero-order valence-electron chi connectivity index (χ0n) is 9.22. The summed E-state index contributed by atoms with van der Waals surface area (Å²) in [4.78, 5) is 15.3. The molecule has 94 valence electrons. The molecule has 1 aromatic rings. The standard InChI is InChI=1S/C10H14N2O5/c1-5-2-3-12(10(16)11-5)9-8(15)7(14)6(4-13)17-9/h2-3,6-9,13-15H,4H2,1H3/t6-,7+,8+,9-/m1/s1. The van der Waals surface area contributed by atoms with Gasteiger partial charge in [-0.25, -0.2) is 4.79 Å². The molecule has 2 rings (SSSR count). The Morgan fingerprint density at radius 3 is 2.71 bits per heavy atom.